The number of hydrogen-bond acceptors (Lipinski definition) is 2. The van der Waals surface area contributed by atoms with Gasteiger partial charge in [-0.05, 0) is 30.0 Å². The van der Waals surface area contributed by atoms with Crippen LogP contribution in [0.15, 0.2) is 29.3 Å². The van der Waals surface area contributed by atoms with Gasteiger partial charge in [0.05, 0.1) is 0 Å². The van der Waals surface area contributed by atoms with Gasteiger partial charge in [-0.15, -0.1) is 0 Å². The Balaban J connectivity index is 2.55. The van der Waals surface area contributed by atoms with Gasteiger partial charge in [0.2, 0.25) is 5.91 Å². The van der Waals surface area contributed by atoms with Crippen LogP contribution in [0.5, 0.6) is 0 Å². The Hall–Kier alpha value is -2.04. The lowest BCUT2D eigenvalue weighted by atomic mass is 10.1. The van der Waals surface area contributed by atoms with Crippen molar-refractivity contribution in [1.29, 1.82) is 0 Å². The lowest BCUT2D eigenvalue weighted by molar-refractivity contribution is -0.116. The van der Waals surface area contributed by atoms with Gasteiger partial charge >= 0.3 is 0 Å². The van der Waals surface area contributed by atoms with Crippen LogP contribution in [0, 0.1) is 5.92 Å². The molecule has 0 aromatic heterocycles. The fraction of sp³-hybridized carbons (Fsp3) is 0.529. The van der Waals surface area contributed by atoms with Crippen molar-refractivity contribution < 1.29 is 4.79 Å². The van der Waals surface area contributed by atoms with Gasteiger partial charge in [0.25, 0.3) is 0 Å². The topological polar surface area (TPSA) is 65.5 Å². The van der Waals surface area contributed by atoms with Gasteiger partial charge in [-0.25, -0.2) is 0 Å². The quantitative estimate of drug-likeness (QED) is 0.536. The van der Waals surface area contributed by atoms with E-state index in [1.807, 2.05) is 38.1 Å². The van der Waals surface area contributed by atoms with Gasteiger partial charge in [0, 0.05) is 32.2 Å². The number of nitrogens with one attached hydrogen (secondary N) is 3. The minimum absolute atomic E-state index is 0.0560. The Labute approximate surface area is 133 Å². The number of anilines is 1. The van der Waals surface area contributed by atoms with Crippen molar-refractivity contribution in [3.05, 3.63) is 29.8 Å². The van der Waals surface area contributed by atoms with Crippen LogP contribution in [-0.2, 0) is 11.3 Å². The van der Waals surface area contributed by atoms with Crippen LogP contribution in [0.1, 0.15) is 39.2 Å². The third-order valence-corrected chi connectivity index (χ3v) is 3.03. The Morgan fingerprint density at radius 2 is 2.05 bits per heavy atom. The van der Waals surface area contributed by atoms with Gasteiger partial charge in [0.1, 0.15) is 0 Å². The standard InChI is InChI=1S/C17H28N4O/c1-5-9-19-17(18-4)20-12-14-7-6-8-15(11-14)21-16(22)10-13(2)3/h6-8,11,13H,5,9-10,12H2,1-4H3,(H,21,22)(H2,18,19,20). The molecule has 0 fully saturated rings. The van der Waals surface area contributed by atoms with Gasteiger partial charge in [-0.2, -0.15) is 0 Å². The van der Waals surface area contributed by atoms with Crippen molar-refractivity contribution in [2.24, 2.45) is 10.9 Å². The molecule has 122 valence electrons. The van der Waals surface area contributed by atoms with Crippen LogP contribution in [0.25, 0.3) is 0 Å². The molecular formula is C17H28N4O. The molecule has 3 N–H and O–H groups in total. The molecule has 5 nitrogen and oxygen atoms in total. The van der Waals surface area contributed by atoms with E-state index in [1.165, 1.54) is 0 Å². The van der Waals surface area contributed by atoms with Crippen LogP contribution < -0.4 is 16.0 Å². The van der Waals surface area contributed by atoms with E-state index in [0.29, 0.717) is 18.9 Å². The van der Waals surface area contributed by atoms with Crippen LogP contribution >= 0.6 is 0 Å². The third kappa shape index (κ3) is 7.11. The molecule has 1 amide bonds. The van der Waals surface area contributed by atoms with E-state index in [0.717, 1.165) is 30.2 Å². The Morgan fingerprint density at radius 3 is 2.68 bits per heavy atom. The predicted octanol–water partition coefficient (Wildman–Crippen LogP) is 2.75. The summed E-state index contributed by atoms with van der Waals surface area (Å²) < 4.78 is 0. The molecule has 0 aliphatic carbocycles. The first kappa shape index (κ1) is 18.0. The molecule has 22 heavy (non-hydrogen) atoms. The van der Waals surface area contributed by atoms with Crippen LogP contribution in [0.3, 0.4) is 0 Å². The normalized spacial score (nSPS) is 11.4. The highest BCUT2D eigenvalue weighted by atomic mass is 16.1. The highest BCUT2D eigenvalue weighted by Crippen LogP contribution is 2.12. The first-order chi connectivity index (χ1) is 10.5. The SMILES string of the molecule is CCCNC(=NC)NCc1cccc(NC(=O)CC(C)C)c1. The maximum atomic E-state index is 11.8. The molecule has 5 heteroatoms. The molecule has 0 heterocycles. The summed E-state index contributed by atoms with van der Waals surface area (Å²) in [6.45, 7) is 7.75. The number of nitrogens with zero attached hydrogens (tertiary/aromatic N) is 1. The summed E-state index contributed by atoms with van der Waals surface area (Å²) in [5.74, 6) is 1.20. The van der Waals surface area contributed by atoms with E-state index in [1.54, 1.807) is 7.05 Å². The number of amides is 1. The molecule has 0 aliphatic heterocycles. The average Bonchev–Trinajstić information content (AvgIpc) is 2.47. The second kappa shape index (κ2) is 9.82. The smallest absolute Gasteiger partial charge is 0.224 e. The van der Waals surface area contributed by atoms with E-state index < -0.39 is 0 Å². The lowest BCUT2D eigenvalue weighted by Gasteiger charge is -2.12. The molecule has 0 aliphatic rings. The zero-order valence-corrected chi connectivity index (χ0v) is 14.1. The van der Waals surface area contributed by atoms with Crippen LogP contribution in [0.2, 0.25) is 0 Å². The van der Waals surface area contributed by atoms with E-state index in [2.05, 4.69) is 27.9 Å². The van der Waals surface area contributed by atoms with Crippen LogP contribution in [-0.4, -0.2) is 25.5 Å². The summed E-state index contributed by atoms with van der Waals surface area (Å²) in [6, 6.07) is 7.87. The number of guanidine groups is 1. The van der Waals surface area contributed by atoms with E-state index in [-0.39, 0.29) is 5.91 Å². The van der Waals surface area contributed by atoms with Crippen molar-refractivity contribution in [1.82, 2.24) is 10.6 Å². The Kier molecular flexibility index (Phi) is 8.04. The number of carbonyl (C=O) groups is 1. The zero-order valence-electron chi connectivity index (χ0n) is 14.1. The summed E-state index contributed by atoms with van der Waals surface area (Å²) in [5.41, 5.74) is 1.93. The number of benzene rings is 1. The van der Waals surface area contributed by atoms with Crippen molar-refractivity contribution in [3.8, 4) is 0 Å². The third-order valence-electron chi connectivity index (χ3n) is 3.03. The molecule has 0 spiro atoms. The van der Waals surface area contributed by atoms with Gasteiger partial charge in [-0.1, -0.05) is 32.9 Å². The second-order valence-corrected chi connectivity index (χ2v) is 5.70. The fourth-order valence-electron chi connectivity index (χ4n) is 1.99. The summed E-state index contributed by atoms with van der Waals surface area (Å²) in [7, 11) is 1.76. The molecule has 0 unspecified atom stereocenters. The number of hydrogen-bond donors (Lipinski definition) is 3. The number of aliphatic imine (C=N–C) groups is 1. The first-order valence-electron chi connectivity index (χ1n) is 7.88. The molecular weight excluding hydrogens is 276 g/mol. The predicted molar refractivity (Wildman–Crippen MR) is 93.0 cm³/mol. The summed E-state index contributed by atoms with van der Waals surface area (Å²) in [4.78, 5) is 16.0. The molecule has 1 rings (SSSR count). The molecule has 0 bridgehead atoms. The number of rotatable bonds is 7. The zero-order chi connectivity index (χ0) is 16.4. The van der Waals surface area contributed by atoms with Gasteiger partial charge in [0.15, 0.2) is 5.96 Å². The molecule has 1 aromatic rings. The highest BCUT2D eigenvalue weighted by Gasteiger charge is 2.05. The van der Waals surface area contributed by atoms with Gasteiger partial charge in [-0.3, -0.25) is 9.79 Å². The minimum Gasteiger partial charge on any atom is -0.356 e. The number of carbonyl (C=O) groups excluding carboxylic acids is 1. The van der Waals surface area contributed by atoms with E-state index in [9.17, 15) is 4.79 Å². The first-order valence-corrected chi connectivity index (χ1v) is 7.88. The minimum atomic E-state index is 0.0560. The monoisotopic (exact) mass is 304 g/mol. The van der Waals surface area contributed by atoms with E-state index >= 15 is 0 Å². The molecule has 0 radical (unpaired) electrons. The highest BCUT2D eigenvalue weighted by molar-refractivity contribution is 5.90. The maximum Gasteiger partial charge on any atom is 0.224 e. The van der Waals surface area contributed by atoms with Crippen molar-refractivity contribution >= 4 is 17.6 Å². The van der Waals surface area contributed by atoms with Crippen LogP contribution in [0.4, 0.5) is 5.69 Å². The maximum absolute atomic E-state index is 11.8. The van der Waals surface area contributed by atoms with E-state index in [4.69, 9.17) is 0 Å². The largest absolute Gasteiger partial charge is 0.356 e. The summed E-state index contributed by atoms with van der Waals surface area (Å²) >= 11 is 0. The average molecular weight is 304 g/mol. The summed E-state index contributed by atoms with van der Waals surface area (Å²) in [6.07, 6.45) is 1.59. The molecule has 0 atom stereocenters. The lowest BCUT2D eigenvalue weighted by Crippen LogP contribution is -2.37. The Bertz CT molecular complexity index is 497. The van der Waals surface area contributed by atoms with Crippen molar-refractivity contribution in [3.63, 3.8) is 0 Å². The molecule has 1 aromatic carbocycles. The van der Waals surface area contributed by atoms with Gasteiger partial charge < -0.3 is 16.0 Å². The van der Waals surface area contributed by atoms with Crippen molar-refractivity contribution in [2.75, 3.05) is 18.9 Å². The molecule has 0 saturated carbocycles. The fourth-order valence-corrected chi connectivity index (χ4v) is 1.99. The summed E-state index contributed by atoms with van der Waals surface area (Å²) in [5, 5.41) is 9.42. The molecule has 0 saturated heterocycles. The second-order valence-electron chi connectivity index (χ2n) is 5.70. The van der Waals surface area contributed by atoms with Crippen molar-refractivity contribution in [2.45, 2.75) is 40.2 Å². The Morgan fingerprint density at radius 1 is 1.27 bits per heavy atom.